The van der Waals surface area contributed by atoms with E-state index in [0.29, 0.717) is 5.71 Å². The van der Waals surface area contributed by atoms with E-state index in [9.17, 15) is 4.39 Å². The molecule has 0 saturated heterocycles. The van der Waals surface area contributed by atoms with E-state index in [-0.39, 0.29) is 5.82 Å². The summed E-state index contributed by atoms with van der Waals surface area (Å²) in [5.41, 5.74) is 1.94. The van der Waals surface area contributed by atoms with E-state index in [0.717, 1.165) is 30.6 Å². The topological polar surface area (TPSA) is 35.9 Å². The fraction of sp³-hybridized carbons (Fsp3) is 0.417. The Hall–Kier alpha value is -1.38. The van der Waals surface area contributed by atoms with Gasteiger partial charge in [0.2, 0.25) is 0 Å². The summed E-state index contributed by atoms with van der Waals surface area (Å²) in [5, 5.41) is 10.7. The Morgan fingerprint density at radius 2 is 2.20 bits per heavy atom. The molecule has 1 aromatic carbocycles. The molecule has 15 heavy (non-hydrogen) atoms. The summed E-state index contributed by atoms with van der Waals surface area (Å²) in [7, 11) is 0. The molecule has 0 spiro atoms. The van der Waals surface area contributed by atoms with Crippen LogP contribution in [0, 0.1) is 11.2 Å². The normalized spacial score (nSPS) is 10.1. The number of nitrogens with one attached hydrogen (secondary N) is 2. The molecule has 0 bridgehead atoms. The largest absolute Gasteiger partial charge is 0.384 e. The summed E-state index contributed by atoms with van der Waals surface area (Å²) in [6, 6.07) is 4.48. The number of rotatable bonds is 5. The second-order valence-electron chi connectivity index (χ2n) is 3.60. The lowest BCUT2D eigenvalue weighted by atomic mass is 10.1. The maximum Gasteiger partial charge on any atom is 0.125 e. The highest BCUT2D eigenvalue weighted by molar-refractivity contribution is 6.01. The number of benzene rings is 1. The molecule has 0 aliphatic heterocycles. The van der Waals surface area contributed by atoms with Crippen LogP contribution >= 0.6 is 0 Å². The Labute approximate surface area is 90.0 Å². The Bertz CT molecular complexity index is 347. The number of hydrogen-bond donors (Lipinski definition) is 2. The van der Waals surface area contributed by atoms with Crippen LogP contribution in [0.2, 0.25) is 0 Å². The van der Waals surface area contributed by atoms with Crippen LogP contribution in [0.5, 0.6) is 0 Å². The van der Waals surface area contributed by atoms with Crippen LogP contribution in [-0.4, -0.2) is 12.3 Å². The summed E-state index contributed by atoms with van der Waals surface area (Å²) in [5.74, 6) is -0.265. The van der Waals surface area contributed by atoms with E-state index >= 15 is 0 Å². The van der Waals surface area contributed by atoms with Crippen molar-refractivity contribution in [2.75, 3.05) is 11.9 Å². The highest BCUT2D eigenvalue weighted by atomic mass is 19.1. The van der Waals surface area contributed by atoms with Gasteiger partial charge in [0.05, 0.1) is 0 Å². The van der Waals surface area contributed by atoms with Gasteiger partial charge in [-0.25, -0.2) is 4.39 Å². The molecule has 0 aromatic heterocycles. The first-order chi connectivity index (χ1) is 7.15. The molecule has 0 fully saturated rings. The minimum atomic E-state index is -0.265. The van der Waals surface area contributed by atoms with Gasteiger partial charge < -0.3 is 10.7 Å². The molecule has 0 saturated carbocycles. The molecule has 0 amide bonds. The zero-order valence-electron chi connectivity index (χ0n) is 9.23. The molecule has 1 rings (SSSR count). The lowest BCUT2D eigenvalue weighted by Crippen LogP contribution is -2.06. The first-order valence-corrected chi connectivity index (χ1v) is 5.24. The van der Waals surface area contributed by atoms with E-state index in [1.54, 1.807) is 13.0 Å². The highest BCUT2D eigenvalue weighted by Gasteiger charge is 2.05. The standard InChI is InChI=1S/C12H17FN2/c1-3-4-7-15-12-8-10(13)5-6-11(12)9(2)14/h5-6,8,14-15H,3-4,7H2,1-2H3. The van der Waals surface area contributed by atoms with Gasteiger partial charge in [0.25, 0.3) is 0 Å². The molecular weight excluding hydrogens is 191 g/mol. The van der Waals surface area contributed by atoms with Crippen LogP contribution in [0.1, 0.15) is 32.3 Å². The van der Waals surface area contributed by atoms with Gasteiger partial charge in [-0.15, -0.1) is 0 Å². The fourth-order valence-electron chi connectivity index (χ4n) is 1.39. The quantitative estimate of drug-likeness (QED) is 0.564. The van der Waals surface area contributed by atoms with Crippen LogP contribution in [0.4, 0.5) is 10.1 Å². The van der Waals surface area contributed by atoms with Crippen LogP contribution < -0.4 is 5.32 Å². The number of anilines is 1. The van der Waals surface area contributed by atoms with Gasteiger partial charge in [-0.3, -0.25) is 0 Å². The van der Waals surface area contributed by atoms with Crippen molar-refractivity contribution in [3.8, 4) is 0 Å². The van der Waals surface area contributed by atoms with Crippen molar-refractivity contribution in [2.45, 2.75) is 26.7 Å². The minimum absolute atomic E-state index is 0.265. The number of unbranched alkanes of at least 4 members (excludes halogenated alkanes) is 1. The first-order valence-electron chi connectivity index (χ1n) is 5.24. The molecule has 0 heterocycles. The van der Waals surface area contributed by atoms with Gasteiger partial charge in [-0.1, -0.05) is 13.3 Å². The summed E-state index contributed by atoms with van der Waals surface area (Å²) >= 11 is 0. The van der Waals surface area contributed by atoms with Gasteiger partial charge in [-0.05, 0) is 31.5 Å². The van der Waals surface area contributed by atoms with Crippen molar-refractivity contribution in [3.63, 3.8) is 0 Å². The summed E-state index contributed by atoms with van der Waals surface area (Å²) < 4.78 is 13.0. The van der Waals surface area contributed by atoms with Gasteiger partial charge >= 0.3 is 0 Å². The molecule has 3 heteroatoms. The third-order valence-corrected chi connectivity index (χ3v) is 2.23. The smallest absolute Gasteiger partial charge is 0.125 e. The molecule has 0 unspecified atom stereocenters. The molecule has 0 aliphatic rings. The average molecular weight is 208 g/mol. The summed E-state index contributed by atoms with van der Waals surface area (Å²) in [6.07, 6.45) is 2.15. The van der Waals surface area contributed by atoms with E-state index in [2.05, 4.69) is 12.2 Å². The lowest BCUT2D eigenvalue weighted by molar-refractivity contribution is 0.628. The van der Waals surface area contributed by atoms with Crippen molar-refractivity contribution in [1.82, 2.24) is 0 Å². The predicted octanol–water partition coefficient (Wildman–Crippen LogP) is 3.43. The van der Waals surface area contributed by atoms with Gasteiger partial charge in [0.15, 0.2) is 0 Å². The SMILES string of the molecule is CCCCNc1cc(F)ccc1C(C)=N. The third kappa shape index (κ3) is 3.35. The fourth-order valence-corrected chi connectivity index (χ4v) is 1.39. The van der Waals surface area contributed by atoms with E-state index in [1.807, 2.05) is 0 Å². The zero-order chi connectivity index (χ0) is 11.3. The van der Waals surface area contributed by atoms with Crippen LogP contribution in [0.15, 0.2) is 18.2 Å². The van der Waals surface area contributed by atoms with E-state index in [4.69, 9.17) is 5.41 Å². The molecule has 82 valence electrons. The highest BCUT2D eigenvalue weighted by Crippen LogP contribution is 2.17. The van der Waals surface area contributed by atoms with E-state index < -0.39 is 0 Å². The number of halogens is 1. The molecule has 1 aromatic rings. The lowest BCUT2D eigenvalue weighted by Gasteiger charge is -2.10. The van der Waals surface area contributed by atoms with Crippen molar-refractivity contribution in [3.05, 3.63) is 29.6 Å². The zero-order valence-corrected chi connectivity index (χ0v) is 9.23. The molecule has 2 N–H and O–H groups in total. The third-order valence-electron chi connectivity index (χ3n) is 2.23. The molecule has 2 nitrogen and oxygen atoms in total. The predicted molar refractivity (Wildman–Crippen MR) is 62.3 cm³/mol. The Kier molecular flexibility index (Phi) is 4.28. The summed E-state index contributed by atoms with van der Waals surface area (Å²) in [6.45, 7) is 4.63. The van der Waals surface area contributed by atoms with Gasteiger partial charge in [-0.2, -0.15) is 0 Å². The second-order valence-corrected chi connectivity index (χ2v) is 3.60. The van der Waals surface area contributed by atoms with Crippen LogP contribution in [0.25, 0.3) is 0 Å². The Balaban J connectivity index is 2.82. The van der Waals surface area contributed by atoms with Crippen molar-refractivity contribution >= 4 is 11.4 Å². The molecule has 0 aliphatic carbocycles. The molecular formula is C12H17FN2. The van der Waals surface area contributed by atoms with E-state index in [1.165, 1.54) is 12.1 Å². The maximum atomic E-state index is 13.0. The first kappa shape index (κ1) is 11.7. The summed E-state index contributed by atoms with van der Waals surface area (Å²) in [4.78, 5) is 0. The molecule has 0 atom stereocenters. The van der Waals surface area contributed by atoms with Crippen molar-refractivity contribution in [1.29, 1.82) is 5.41 Å². The minimum Gasteiger partial charge on any atom is -0.384 e. The maximum absolute atomic E-state index is 13.0. The van der Waals surface area contributed by atoms with Crippen molar-refractivity contribution < 1.29 is 4.39 Å². The Morgan fingerprint density at radius 1 is 1.47 bits per heavy atom. The second kappa shape index (κ2) is 5.49. The van der Waals surface area contributed by atoms with Gasteiger partial charge in [0.1, 0.15) is 5.82 Å². The molecule has 0 radical (unpaired) electrons. The van der Waals surface area contributed by atoms with Crippen molar-refractivity contribution in [2.24, 2.45) is 0 Å². The Morgan fingerprint density at radius 3 is 2.80 bits per heavy atom. The number of hydrogen-bond acceptors (Lipinski definition) is 2. The monoisotopic (exact) mass is 208 g/mol. The van der Waals surface area contributed by atoms with Gasteiger partial charge in [0, 0.05) is 23.5 Å². The average Bonchev–Trinajstić information content (AvgIpc) is 2.18. The van der Waals surface area contributed by atoms with Crippen LogP contribution in [-0.2, 0) is 0 Å². The van der Waals surface area contributed by atoms with Crippen LogP contribution in [0.3, 0.4) is 0 Å².